The Hall–Kier alpha value is -0.550. The van der Waals surface area contributed by atoms with Crippen LogP contribution in [0.4, 0.5) is 0 Å². The average molecular weight is 265 g/mol. The van der Waals surface area contributed by atoms with Crippen LogP contribution in [0.1, 0.15) is 25.5 Å². The maximum absolute atomic E-state index is 5.81. The molecule has 0 aromatic heterocycles. The van der Waals surface area contributed by atoms with Crippen LogP contribution in [0.15, 0.2) is 29.2 Å². The van der Waals surface area contributed by atoms with E-state index in [0.29, 0.717) is 12.6 Å². The second-order valence-corrected chi connectivity index (χ2v) is 6.32. The van der Waals surface area contributed by atoms with Crippen molar-refractivity contribution in [3.8, 4) is 0 Å². The van der Waals surface area contributed by atoms with Crippen molar-refractivity contribution in [2.45, 2.75) is 36.7 Å². The zero-order valence-electron chi connectivity index (χ0n) is 10.8. The Bertz CT molecular complexity index is 436. The lowest BCUT2D eigenvalue weighted by Crippen LogP contribution is -2.33. The molecule has 2 aliphatic rings. The molecule has 0 radical (unpaired) electrons. The van der Waals surface area contributed by atoms with Gasteiger partial charge in [0, 0.05) is 23.2 Å². The molecule has 1 fully saturated rings. The van der Waals surface area contributed by atoms with E-state index in [1.807, 2.05) is 25.6 Å². The van der Waals surface area contributed by atoms with E-state index in [1.54, 1.807) is 0 Å². The van der Waals surface area contributed by atoms with Crippen LogP contribution in [-0.2, 0) is 9.47 Å². The van der Waals surface area contributed by atoms with Gasteiger partial charge in [0.05, 0.1) is 12.7 Å². The molecule has 0 spiro atoms. The average Bonchev–Trinajstić information content (AvgIpc) is 2.90. The normalized spacial score (nSPS) is 29.4. The van der Waals surface area contributed by atoms with Gasteiger partial charge in [0.25, 0.3) is 0 Å². The number of fused-ring (bicyclic) bond motifs is 1. The predicted molar refractivity (Wildman–Crippen MR) is 72.8 cm³/mol. The minimum atomic E-state index is -0.422. The van der Waals surface area contributed by atoms with E-state index in [2.05, 4.69) is 29.6 Å². The van der Waals surface area contributed by atoms with Gasteiger partial charge in [-0.2, -0.15) is 0 Å². The third kappa shape index (κ3) is 2.57. The Balaban J connectivity index is 1.56. The van der Waals surface area contributed by atoms with Crippen molar-refractivity contribution in [3.63, 3.8) is 0 Å². The molecule has 0 bridgehead atoms. The monoisotopic (exact) mass is 265 g/mol. The number of hydrogen-bond donors (Lipinski definition) is 1. The van der Waals surface area contributed by atoms with Crippen LogP contribution in [0.2, 0.25) is 0 Å². The van der Waals surface area contributed by atoms with Gasteiger partial charge in [-0.25, -0.2) is 0 Å². The number of benzene rings is 1. The van der Waals surface area contributed by atoms with Gasteiger partial charge in [-0.15, -0.1) is 11.8 Å². The first-order valence-electron chi connectivity index (χ1n) is 6.41. The molecule has 98 valence electrons. The highest BCUT2D eigenvalue weighted by atomic mass is 32.2. The molecule has 0 saturated carbocycles. The molecule has 2 unspecified atom stereocenters. The van der Waals surface area contributed by atoms with Gasteiger partial charge in [-0.1, -0.05) is 18.2 Å². The van der Waals surface area contributed by atoms with Gasteiger partial charge in [0.1, 0.15) is 0 Å². The van der Waals surface area contributed by atoms with Crippen molar-refractivity contribution < 1.29 is 9.47 Å². The van der Waals surface area contributed by atoms with Crippen LogP contribution in [0, 0.1) is 0 Å². The van der Waals surface area contributed by atoms with Gasteiger partial charge < -0.3 is 14.8 Å². The zero-order valence-corrected chi connectivity index (χ0v) is 11.6. The summed E-state index contributed by atoms with van der Waals surface area (Å²) in [5, 5.41) is 3.59. The topological polar surface area (TPSA) is 30.5 Å². The highest BCUT2D eigenvalue weighted by Crippen LogP contribution is 2.37. The number of hydrogen-bond acceptors (Lipinski definition) is 4. The Morgan fingerprint density at radius 1 is 1.39 bits per heavy atom. The Kier molecular flexibility index (Phi) is 3.36. The Labute approximate surface area is 112 Å². The van der Waals surface area contributed by atoms with Crippen LogP contribution in [0.25, 0.3) is 0 Å². The first-order valence-corrected chi connectivity index (χ1v) is 7.39. The summed E-state index contributed by atoms with van der Waals surface area (Å²) in [5.74, 6) is 0.686. The van der Waals surface area contributed by atoms with Crippen LogP contribution in [-0.4, -0.2) is 30.8 Å². The molecular weight excluding hydrogens is 246 g/mol. The van der Waals surface area contributed by atoms with E-state index in [9.17, 15) is 0 Å². The maximum atomic E-state index is 5.81. The fourth-order valence-electron chi connectivity index (χ4n) is 2.47. The van der Waals surface area contributed by atoms with E-state index in [1.165, 1.54) is 10.5 Å². The lowest BCUT2D eigenvalue weighted by molar-refractivity contribution is -0.137. The fourth-order valence-corrected chi connectivity index (χ4v) is 3.66. The van der Waals surface area contributed by atoms with E-state index in [0.717, 1.165) is 12.3 Å². The molecule has 2 heterocycles. The highest BCUT2D eigenvalue weighted by Gasteiger charge is 2.33. The SMILES string of the molecule is CC1(C)OCC(CNC2CSc3ccccc32)O1. The van der Waals surface area contributed by atoms with Crippen molar-refractivity contribution >= 4 is 11.8 Å². The van der Waals surface area contributed by atoms with Crippen molar-refractivity contribution in [2.24, 2.45) is 0 Å². The summed E-state index contributed by atoms with van der Waals surface area (Å²) >= 11 is 1.92. The van der Waals surface area contributed by atoms with E-state index < -0.39 is 5.79 Å². The summed E-state index contributed by atoms with van der Waals surface area (Å²) in [6.07, 6.45) is 0.165. The molecule has 1 saturated heterocycles. The molecule has 2 aliphatic heterocycles. The number of ether oxygens (including phenoxy) is 2. The van der Waals surface area contributed by atoms with Gasteiger partial charge in [-0.3, -0.25) is 0 Å². The Morgan fingerprint density at radius 3 is 3.00 bits per heavy atom. The van der Waals surface area contributed by atoms with Gasteiger partial charge in [0.15, 0.2) is 5.79 Å². The first kappa shape index (κ1) is 12.5. The fraction of sp³-hybridized carbons (Fsp3) is 0.571. The quantitative estimate of drug-likeness (QED) is 0.910. The van der Waals surface area contributed by atoms with Crippen LogP contribution in [0.5, 0.6) is 0 Å². The van der Waals surface area contributed by atoms with Crippen molar-refractivity contribution in [2.75, 3.05) is 18.9 Å². The van der Waals surface area contributed by atoms with Crippen LogP contribution >= 0.6 is 11.8 Å². The van der Waals surface area contributed by atoms with Crippen molar-refractivity contribution in [1.29, 1.82) is 0 Å². The number of thioether (sulfide) groups is 1. The van der Waals surface area contributed by atoms with E-state index >= 15 is 0 Å². The summed E-state index contributed by atoms with van der Waals surface area (Å²) < 4.78 is 11.4. The van der Waals surface area contributed by atoms with Gasteiger partial charge >= 0.3 is 0 Å². The van der Waals surface area contributed by atoms with E-state index in [4.69, 9.17) is 9.47 Å². The molecule has 0 aliphatic carbocycles. The van der Waals surface area contributed by atoms with Crippen LogP contribution in [0.3, 0.4) is 0 Å². The summed E-state index contributed by atoms with van der Waals surface area (Å²) in [5.41, 5.74) is 1.42. The summed E-state index contributed by atoms with van der Waals surface area (Å²) in [6, 6.07) is 9.06. The molecule has 1 aromatic carbocycles. The summed E-state index contributed by atoms with van der Waals surface area (Å²) in [7, 11) is 0. The second kappa shape index (κ2) is 4.85. The lowest BCUT2D eigenvalue weighted by Gasteiger charge is -2.19. The van der Waals surface area contributed by atoms with E-state index in [-0.39, 0.29) is 6.10 Å². The molecule has 1 aromatic rings. The Morgan fingerprint density at radius 2 is 2.22 bits per heavy atom. The minimum absolute atomic E-state index is 0.165. The lowest BCUT2D eigenvalue weighted by atomic mass is 10.1. The zero-order chi connectivity index (χ0) is 12.6. The third-order valence-electron chi connectivity index (χ3n) is 3.36. The molecule has 3 rings (SSSR count). The van der Waals surface area contributed by atoms with Crippen molar-refractivity contribution in [1.82, 2.24) is 5.32 Å². The number of rotatable bonds is 3. The molecule has 1 N–H and O–H groups in total. The maximum Gasteiger partial charge on any atom is 0.163 e. The highest BCUT2D eigenvalue weighted by molar-refractivity contribution is 7.99. The molecule has 3 nitrogen and oxygen atoms in total. The van der Waals surface area contributed by atoms with Gasteiger partial charge in [0.2, 0.25) is 0 Å². The first-order chi connectivity index (χ1) is 8.64. The largest absolute Gasteiger partial charge is 0.348 e. The predicted octanol–water partition coefficient (Wildman–Crippen LogP) is 2.57. The molecule has 4 heteroatoms. The third-order valence-corrected chi connectivity index (χ3v) is 4.54. The minimum Gasteiger partial charge on any atom is -0.348 e. The second-order valence-electron chi connectivity index (χ2n) is 5.26. The molecular formula is C14H19NO2S. The molecule has 18 heavy (non-hydrogen) atoms. The number of nitrogens with one attached hydrogen (secondary N) is 1. The smallest absolute Gasteiger partial charge is 0.163 e. The summed E-state index contributed by atoms with van der Waals surface area (Å²) in [6.45, 7) is 5.46. The van der Waals surface area contributed by atoms with Crippen molar-refractivity contribution in [3.05, 3.63) is 29.8 Å². The standard InChI is InChI=1S/C14H19NO2S/c1-14(2)16-8-10(17-14)7-15-12-9-18-13-6-4-3-5-11(12)13/h3-6,10,12,15H,7-9H2,1-2H3. The molecule has 2 atom stereocenters. The van der Waals surface area contributed by atoms with Crippen LogP contribution < -0.4 is 5.32 Å². The molecule has 0 amide bonds. The van der Waals surface area contributed by atoms with Gasteiger partial charge in [-0.05, 0) is 25.5 Å². The summed E-state index contributed by atoms with van der Waals surface area (Å²) in [4.78, 5) is 1.40.